The highest BCUT2D eigenvalue weighted by molar-refractivity contribution is 7.92. The molecular weight excluding hydrogens is 482 g/mol. The average Bonchev–Trinajstić information content (AvgIpc) is 2.83. The Hall–Kier alpha value is -3.76. The molecule has 0 atom stereocenters. The van der Waals surface area contributed by atoms with Gasteiger partial charge in [-0.15, -0.1) is 0 Å². The van der Waals surface area contributed by atoms with E-state index in [4.69, 9.17) is 21.1 Å². The lowest BCUT2D eigenvalue weighted by atomic mass is 10.2. The lowest BCUT2D eigenvalue weighted by Crippen LogP contribution is -2.39. The van der Waals surface area contributed by atoms with E-state index < -0.39 is 22.5 Å². The summed E-state index contributed by atoms with van der Waals surface area (Å²) in [6.45, 7) is -0.551. The number of halogens is 1. The fourth-order valence-corrected chi connectivity index (χ4v) is 4.54. The first-order valence-electron chi connectivity index (χ1n) is 9.86. The monoisotopic (exact) mass is 503 g/mol. The summed E-state index contributed by atoms with van der Waals surface area (Å²) in [5.74, 6) is 0.0165. The van der Waals surface area contributed by atoms with Crippen LogP contribution in [-0.2, 0) is 14.8 Å². The molecule has 0 aromatic heterocycles. The third-order valence-electron chi connectivity index (χ3n) is 4.64. The van der Waals surface area contributed by atoms with E-state index in [1.807, 2.05) is 0 Å². The standard InChI is InChI=1S/C23H22ClN3O6S/c1-32-19-7-9-20(10-8-19)34(30,31)27(18-5-3-4-17(24)13-18)15-23(29)26-25-14-16-6-11-21(28)22(12-16)33-2/h3-14,28H,15H2,1-2H3,(H,26,29)/b25-14-. The Morgan fingerprint density at radius 2 is 1.82 bits per heavy atom. The minimum atomic E-state index is -4.12. The zero-order chi connectivity index (χ0) is 24.7. The zero-order valence-corrected chi connectivity index (χ0v) is 19.9. The SMILES string of the molecule is COc1ccc(S(=O)(=O)N(CC(=O)N/N=C\c2ccc(O)c(OC)c2)c2cccc(Cl)c2)cc1. The molecule has 3 aromatic rings. The number of sulfonamides is 1. The Bertz CT molecular complexity index is 1300. The third-order valence-corrected chi connectivity index (χ3v) is 6.66. The summed E-state index contributed by atoms with van der Waals surface area (Å²) in [6.07, 6.45) is 1.33. The molecule has 2 N–H and O–H groups in total. The highest BCUT2D eigenvalue weighted by Crippen LogP contribution is 2.27. The first-order chi connectivity index (χ1) is 16.2. The fourth-order valence-electron chi connectivity index (χ4n) is 2.94. The third kappa shape index (κ3) is 5.97. The maximum Gasteiger partial charge on any atom is 0.264 e. The van der Waals surface area contributed by atoms with Crippen LogP contribution in [0.2, 0.25) is 5.02 Å². The van der Waals surface area contributed by atoms with Crippen LogP contribution in [-0.4, -0.2) is 46.4 Å². The Morgan fingerprint density at radius 3 is 2.47 bits per heavy atom. The molecule has 11 heteroatoms. The Balaban J connectivity index is 1.83. The molecule has 1 amide bonds. The predicted octanol–water partition coefficient (Wildman–Crippen LogP) is 3.41. The second-order valence-corrected chi connectivity index (χ2v) is 9.19. The van der Waals surface area contributed by atoms with Crippen molar-refractivity contribution >= 4 is 39.4 Å². The number of phenols is 1. The molecule has 0 aliphatic heterocycles. The Kier molecular flexibility index (Phi) is 7.98. The maximum absolute atomic E-state index is 13.4. The van der Waals surface area contributed by atoms with Crippen molar-refractivity contribution in [3.05, 3.63) is 77.3 Å². The van der Waals surface area contributed by atoms with Crippen LogP contribution in [0, 0.1) is 0 Å². The van der Waals surface area contributed by atoms with Crippen molar-refractivity contribution < 1.29 is 27.8 Å². The smallest absolute Gasteiger partial charge is 0.264 e. The molecule has 0 aliphatic carbocycles. The van der Waals surface area contributed by atoms with Gasteiger partial charge in [0.1, 0.15) is 12.3 Å². The summed E-state index contributed by atoms with van der Waals surface area (Å²) in [6, 6.07) is 16.5. The van der Waals surface area contributed by atoms with E-state index in [0.717, 1.165) is 4.31 Å². The lowest BCUT2D eigenvalue weighted by molar-refractivity contribution is -0.119. The summed E-state index contributed by atoms with van der Waals surface area (Å²) < 4.78 is 37.8. The number of hydrazone groups is 1. The van der Waals surface area contributed by atoms with E-state index in [0.29, 0.717) is 16.3 Å². The van der Waals surface area contributed by atoms with Crippen molar-refractivity contribution in [1.82, 2.24) is 5.43 Å². The minimum absolute atomic E-state index is 0.0271. The van der Waals surface area contributed by atoms with Crippen LogP contribution in [0.1, 0.15) is 5.56 Å². The van der Waals surface area contributed by atoms with E-state index >= 15 is 0 Å². The van der Waals surface area contributed by atoms with E-state index in [9.17, 15) is 18.3 Å². The van der Waals surface area contributed by atoms with Gasteiger partial charge in [-0.05, 0) is 66.2 Å². The number of anilines is 1. The molecule has 3 rings (SSSR count). The van der Waals surface area contributed by atoms with Crippen molar-refractivity contribution in [2.75, 3.05) is 25.1 Å². The Morgan fingerprint density at radius 1 is 1.09 bits per heavy atom. The molecule has 34 heavy (non-hydrogen) atoms. The molecule has 0 saturated carbocycles. The fraction of sp³-hybridized carbons (Fsp3) is 0.130. The van der Waals surface area contributed by atoms with Crippen LogP contribution in [0.4, 0.5) is 5.69 Å². The number of carbonyl (C=O) groups is 1. The molecule has 9 nitrogen and oxygen atoms in total. The Labute approximate surface area is 202 Å². The van der Waals surface area contributed by atoms with Gasteiger partial charge in [-0.1, -0.05) is 17.7 Å². The van der Waals surface area contributed by atoms with Gasteiger partial charge in [0.05, 0.1) is 31.0 Å². The zero-order valence-electron chi connectivity index (χ0n) is 18.3. The second kappa shape index (κ2) is 10.9. The topological polar surface area (TPSA) is 118 Å². The van der Waals surface area contributed by atoms with E-state index in [-0.39, 0.29) is 22.1 Å². The molecular formula is C23H22ClN3O6S. The minimum Gasteiger partial charge on any atom is -0.504 e. The second-order valence-electron chi connectivity index (χ2n) is 6.89. The molecule has 0 fully saturated rings. The van der Waals surface area contributed by atoms with Crippen LogP contribution in [0.25, 0.3) is 0 Å². The molecule has 0 spiro atoms. The van der Waals surface area contributed by atoms with Crippen molar-refractivity contribution in [3.8, 4) is 17.2 Å². The molecule has 3 aromatic carbocycles. The van der Waals surface area contributed by atoms with Gasteiger partial charge in [0, 0.05) is 5.02 Å². The van der Waals surface area contributed by atoms with Gasteiger partial charge in [-0.25, -0.2) is 13.8 Å². The molecule has 0 radical (unpaired) electrons. The predicted molar refractivity (Wildman–Crippen MR) is 129 cm³/mol. The van der Waals surface area contributed by atoms with Gasteiger partial charge < -0.3 is 14.6 Å². The number of phenolic OH excluding ortho intramolecular Hbond substituents is 1. The summed E-state index contributed by atoms with van der Waals surface area (Å²) in [5.41, 5.74) is 3.07. The molecule has 0 saturated heterocycles. The van der Waals surface area contributed by atoms with Gasteiger partial charge in [0.15, 0.2) is 11.5 Å². The van der Waals surface area contributed by atoms with E-state index in [2.05, 4.69) is 10.5 Å². The summed E-state index contributed by atoms with van der Waals surface area (Å²) in [4.78, 5) is 12.6. The summed E-state index contributed by atoms with van der Waals surface area (Å²) in [5, 5.41) is 13.8. The largest absolute Gasteiger partial charge is 0.504 e. The van der Waals surface area contributed by atoms with Crippen molar-refractivity contribution in [1.29, 1.82) is 0 Å². The van der Waals surface area contributed by atoms with Crippen molar-refractivity contribution in [2.24, 2.45) is 5.10 Å². The number of carbonyl (C=O) groups excluding carboxylic acids is 1. The summed E-state index contributed by atoms with van der Waals surface area (Å²) in [7, 11) is -1.24. The number of hydrogen-bond acceptors (Lipinski definition) is 7. The van der Waals surface area contributed by atoms with Crippen LogP contribution in [0.15, 0.2) is 76.7 Å². The highest BCUT2D eigenvalue weighted by Gasteiger charge is 2.27. The number of rotatable bonds is 9. The molecule has 0 unspecified atom stereocenters. The number of hydrogen-bond donors (Lipinski definition) is 2. The maximum atomic E-state index is 13.4. The van der Waals surface area contributed by atoms with Gasteiger partial charge in [0.2, 0.25) is 0 Å². The van der Waals surface area contributed by atoms with Gasteiger partial charge >= 0.3 is 0 Å². The first-order valence-corrected chi connectivity index (χ1v) is 11.7. The molecule has 0 aliphatic rings. The van der Waals surface area contributed by atoms with Crippen molar-refractivity contribution in [3.63, 3.8) is 0 Å². The highest BCUT2D eigenvalue weighted by atomic mass is 35.5. The van der Waals surface area contributed by atoms with Crippen LogP contribution >= 0.6 is 11.6 Å². The van der Waals surface area contributed by atoms with Gasteiger partial charge in [0.25, 0.3) is 15.9 Å². The number of nitrogens with one attached hydrogen (secondary N) is 1. The lowest BCUT2D eigenvalue weighted by Gasteiger charge is -2.24. The normalized spacial score (nSPS) is 11.3. The number of methoxy groups -OCH3 is 2. The van der Waals surface area contributed by atoms with Crippen molar-refractivity contribution in [2.45, 2.75) is 4.90 Å². The summed E-state index contributed by atoms with van der Waals surface area (Å²) >= 11 is 6.06. The molecule has 0 bridgehead atoms. The van der Waals surface area contributed by atoms with Crippen LogP contribution in [0.5, 0.6) is 17.2 Å². The first kappa shape index (κ1) is 24.9. The number of aromatic hydroxyl groups is 1. The molecule has 178 valence electrons. The molecule has 0 heterocycles. The van der Waals surface area contributed by atoms with Crippen LogP contribution in [0.3, 0.4) is 0 Å². The number of nitrogens with zero attached hydrogens (tertiary/aromatic N) is 2. The quantitative estimate of drug-likeness (QED) is 0.341. The van der Waals surface area contributed by atoms with Crippen LogP contribution < -0.4 is 19.2 Å². The number of ether oxygens (including phenoxy) is 2. The average molecular weight is 504 g/mol. The number of amides is 1. The van der Waals surface area contributed by atoms with Gasteiger partial charge in [-0.3, -0.25) is 9.10 Å². The van der Waals surface area contributed by atoms with E-state index in [1.54, 1.807) is 18.2 Å². The van der Waals surface area contributed by atoms with Gasteiger partial charge in [-0.2, -0.15) is 5.10 Å². The number of benzene rings is 3. The van der Waals surface area contributed by atoms with E-state index in [1.165, 1.54) is 69.0 Å².